The molecule has 7 heteroatoms. The van der Waals surface area contributed by atoms with E-state index in [0.717, 1.165) is 0 Å². The number of aromatic nitrogens is 1. The van der Waals surface area contributed by atoms with Gasteiger partial charge in [0.25, 0.3) is 0 Å². The lowest BCUT2D eigenvalue weighted by Gasteiger charge is -1.99. The third-order valence-corrected chi connectivity index (χ3v) is 1.91. The molecule has 0 aliphatic carbocycles. The van der Waals surface area contributed by atoms with Crippen molar-refractivity contribution in [2.24, 2.45) is 0 Å². The van der Waals surface area contributed by atoms with Gasteiger partial charge in [0.15, 0.2) is 22.9 Å². The van der Waals surface area contributed by atoms with Gasteiger partial charge in [0.2, 0.25) is 0 Å². The highest BCUT2D eigenvalue weighted by atomic mass is 16.5. The van der Waals surface area contributed by atoms with Crippen molar-refractivity contribution in [2.45, 2.75) is 13.8 Å². The van der Waals surface area contributed by atoms with Gasteiger partial charge in [0.1, 0.15) is 0 Å². The maximum atomic E-state index is 11.3. The van der Waals surface area contributed by atoms with E-state index >= 15 is 0 Å². The van der Waals surface area contributed by atoms with Gasteiger partial charge in [-0.05, 0) is 13.8 Å². The molecule has 0 aliphatic heterocycles. The number of aromatic amines is 1. The first-order valence-electron chi connectivity index (χ1n) is 5.01. The number of hydrogen-bond acceptors (Lipinski definition) is 6. The molecule has 0 spiro atoms. The van der Waals surface area contributed by atoms with Crippen molar-refractivity contribution >= 4 is 11.9 Å². The average Bonchev–Trinajstić information content (AvgIpc) is 2.57. The molecule has 0 aliphatic rings. The summed E-state index contributed by atoms with van der Waals surface area (Å²) in [5, 5.41) is 18.9. The van der Waals surface area contributed by atoms with Gasteiger partial charge in [0.05, 0.1) is 13.2 Å². The van der Waals surface area contributed by atoms with Gasteiger partial charge in [-0.2, -0.15) is 0 Å². The van der Waals surface area contributed by atoms with Gasteiger partial charge in [0, 0.05) is 0 Å². The Balaban J connectivity index is 3.07. The number of ether oxygens (including phenoxy) is 2. The molecule has 3 N–H and O–H groups in total. The van der Waals surface area contributed by atoms with Gasteiger partial charge in [-0.15, -0.1) is 0 Å². The molecule has 0 fully saturated rings. The molecule has 0 atom stereocenters. The molecule has 0 bridgehead atoms. The van der Waals surface area contributed by atoms with Crippen molar-refractivity contribution in [3.63, 3.8) is 0 Å². The number of nitrogens with one attached hydrogen (secondary N) is 1. The molecule has 94 valence electrons. The van der Waals surface area contributed by atoms with Crippen LogP contribution in [0.4, 0.5) is 0 Å². The molecule has 0 aromatic carbocycles. The zero-order valence-electron chi connectivity index (χ0n) is 9.44. The van der Waals surface area contributed by atoms with Crippen molar-refractivity contribution in [2.75, 3.05) is 13.2 Å². The smallest absolute Gasteiger partial charge is 0.358 e. The van der Waals surface area contributed by atoms with Crippen molar-refractivity contribution in [1.29, 1.82) is 0 Å². The first kappa shape index (κ1) is 12.9. The molecule has 1 aromatic rings. The molecule has 0 saturated carbocycles. The number of hydrogen-bond donors (Lipinski definition) is 3. The standard InChI is InChI=1S/C10H13NO6/c1-3-16-9(14)5-7(12)8(13)6(11-5)10(15)17-4-2/h11-13H,3-4H2,1-2H3. The molecule has 0 saturated heterocycles. The molecule has 0 unspecified atom stereocenters. The summed E-state index contributed by atoms with van der Waals surface area (Å²) in [4.78, 5) is 24.9. The van der Waals surface area contributed by atoms with Gasteiger partial charge in [-0.25, -0.2) is 9.59 Å². The monoisotopic (exact) mass is 243 g/mol. The Morgan fingerprint density at radius 3 is 1.65 bits per heavy atom. The fourth-order valence-electron chi connectivity index (χ4n) is 1.18. The predicted octanol–water partition coefficient (Wildman–Crippen LogP) is 0.779. The summed E-state index contributed by atoms with van der Waals surface area (Å²) in [7, 11) is 0. The molecule has 7 nitrogen and oxygen atoms in total. The Bertz CT molecular complexity index is 398. The maximum absolute atomic E-state index is 11.3. The van der Waals surface area contributed by atoms with Gasteiger partial charge >= 0.3 is 11.9 Å². The summed E-state index contributed by atoms with van der Waals surface area (Å²) in [6, 6.07) is 0. The Labute approximate surface area is 97.0 Å². The number of esters is 2. The lowest BCUT2D eigenvalue weighted by molar-refractivity contribution is 0.0514. The fourth-order valence-corrected chi connectivity index (χ4v) is 1.18. The number of carbonyl (C=O) groups excluding carboxylic acids is 2. The minimum absolute atomic E-state index is 0.104. The Morgan fingerprint density at radius 2 is 1.35 bits per heavy atom. The van der Waals surface area contributed by atoms with Crippen LogP contribution in [0.1, 0.15) is 34.8 Å². The van der Waals surface area contributed by atoms with Crippen LogP contribution in [0, 0.1) is 0 Å². The Morgan fingerprint density at radius 1 is 1.00 bits per heavy atom. The minimum Gasteiger partial charge on any atom is -0.503 e. The largest absolute Gasteiger partial charge is 0.503 e. The first-order valence-corrected chi connectivity index (χ1v) is 5.01. The zero-order chi connectivity index (χ0) is 13.0. The van der Waals surface area contributed by atoms with Crippen LogP contribution < -0.4 is 0 Å². The van der Waals surface area contributed by atoms with E-state index in [0.29, 0.717) is 0 Å². The second kappa shape index (κ2) is 5.24. The van der Waals surface area contributed by atoms with E-state index in [4.69, 9.17) is 0 Å². The van der Waals surface area contributed by atoms with Gasteiger partial charge < -0.3 is 24.7 Å². The van der Waals surface area contributed by atoms with Crippen LogP contribution in [0.3, 0.4) is 0 Å². The normalized spacial score (nSPS) is 10.0. The summed E-state index contributed by atoms with van der Waals surface area (Å²) in [6.45, 7) is 3.38. The summed E-state index contributed by atoms with van der Waals surface area (Å²) in [5.74, 6) is -3.19. The van der Waals surface area contributed by atoms with Crippen LogP contribution in [-0.4, -0.2) is 40.3 Å². The average molecular weight is 243 g/mol. The molecule has 1 rings (SSSR count). The molecule has 1 heterocycles. The molecule has 0 radical (unpaired) electrons. The molecule has 17 heavy (non-hydrogen) atoms. The second-order valence-corrected chi connectivity index (χ2v) is 3.01. The number of rotatable bonds is 4. The third kappa shape index (κ3) is 2.49. The highest BCUT2D eigenvalue weighted by molar-refractivity contribution is 5.98. The van der Waals surface area contributed by atoms with Crippen LogP contribution in [0.15, 0.2) is 0 Å². The second-order valence-electron chi connectivity index (χ2n) is 3.01. The van der Waals surface area contributed by atoms with E-state index in [9.17, 15) is 19.8 Å². The van der Waals surface area contributed by atoms with E-state index in [1.165, 1.54) is 0 Å². The van der Waals surface area contributed by atoms with Gasteiger partial charge in [-0.1, -0.05) is 0 Å². The number of carbonyl (C=O) groups is 2. The quantitative estimate of drug-likeness (QED) is 0.674. The lowest BCUT2D eigenvalue weighted by Crippen LogP contribution is -2.08. The molecular weight excluding hydrogens is 230 g/mol. The minimum atomic E-state index is -0.865. The van der Waals surface area contributed by atoms with Crippen LogP contribution in [0.5, 0.6) is 11.5 Å². The van der Waals surface area contributed by atoms with E-state index in [1.807, 2.05) is 0 Å². The van der Waals surface area contributed by atoms with Crippen molar-refractivity contribution in [3.05, 3.63) is 11.4 Å². The summed E-state index contributed by atoms with van der Waals surface area (Å²) < 4.78 is 9.25. The van der Waals surface area contributed by atoms with Crippen LogP contribution in [0.25, 0.3) is 0 Å². The van der Waals surface area contributed by atoms with Crippen LogP contribution in [-0.2, 0) is 9.47 Å². The summed E-state index contributed by atoms with van der Waals surface area (Å²) in [6.07, 6.45) is 0. The first-order chi connectivity index (χ1) is 8.02. The van der Waals surface area contributed by atoms with E-state index < -0.39 is 23.4 Å². The third-order valence-electron chi connectivity index (χ3n) is 1.91. The zero-order valence-corrected chi connectivity index (χ0v) is 9.44. The highest BCUT2D eigenvalue weighted by Gasteiger charge is 2.26. The van der Waals surface area contributed by atoms with Gasteiger partial charge in [-0.3, -0.25) is 0 Å². The molecular formula is C10H13NO6. The SMILES string of the molecule is CCOC(=O)c1[nH]c(C(=O)OCC)c(O)c1O. The number of aromatic hydroxyl groups is 2. The predicted molar refractivity (Wildman–Crippen MR) is 56.0 cm³/mol. The lowest BCUT2D eigenvalue weighted by atomic mass is 10.3. The Kier molecular flexibility index (Phi) is 3.97. The molecule has 1 aromatic heterocycles. The van der Waals surface area contributed by atoms with Crippen molar-refractivity contribution < 1.29 is 29.3 Å². The van der Waals surface area contributed by atoms with E-state index in [2.05, 4.69) is 14.5 Å². The topological polar surface area (TPSA) is 109 Å². The van der Waals surface area contributed by atoms with Crippen molar-refractivity contribution in [3.8, 4) is 11.5 Å². The van der Waals surface area contributed by atoms with Crippen molar-refractivity contribution in [1.82, 2.24) is 4.98 Å². The summed E-state index contributed by atoms with van der Waals surface area (Å²) in [5.41, 5.74) is -0.764. The van der Waals surface area contributed by atoms with E-state index in [-0.39, 0.29) is 24.6 Å². The maximum Gasteiger partial charge on any atom is 0.358 e. The fraction of sp³-hybridized carbons (Fsp3) is 0.400. The highest BCUT2D eigenvalue weighted by Crippen LogP contribution is 2.33. The van der Waals surface area contributed by atoms with Crippen LogP contribution in [0.2, 0.25) is 0 Å². The van der Waals surface area contributed by atoms with Crippen LogP contribution >= 0.6 is 0 Å². The molecule has 0 amide bonds. The van der Waals surface area contributed by atoms with E-state index in [1.54, 1.807) is 13.8 Å². The summed E-state index contributed by atoms with van der Waals surface area (Å²) >= 11 is 0. The number of H-pyrrole nitrogens is 1. The Hall–Kier alpha value is -2.18.